The van der Waals surface area contributed by atoms with E-state index in [1.807, 2.05) is 72.2 Å². The third-order valence-electron chi connectivity index (χ3n) is 6.96. The molecule has 5 heteroatoms. The number of hydrogen-bond donors (Lipinski definition) is 1. The second kappa shape index (κ2) is 11.4. The summed E-state index contributed by atoms with van der Waals surface area (Å²) in [4.78, 5) is 30.6. The first kappa shape index (κ1) is 25.5. The molecule has 0 unspecified atom stereocenters. The Kier molecular flexibility index (Phi) is 8.09. The maximum absolute atomic E-state index is 13.6. The fraction of sp³-hybridized carbons (Fsp3) is 0.355. The number of nitrogens with zero attached hydrogens (tertiary/aromatic N) is 2. The second-order valence-electron chi connectivity index (χ2n) is 9.99. The van der Waals surface area contributed by atoms with Gasteiger partial charge in [0.15, 0.2) is 0 Å². The molecular formula is C31H37N3O2. The van der Waals surface area contributed by atoms with Gasteiger partial charge in [-0.25, -0.2) is 4.79 Å². The smallest absolute Gasteiger partial charge is 0.324 e. The molecule has 1 N–H and O–H groups in total. The Morgan fingerprint density at radius 3 is 2.33 bits per heavy atom. The number of benzene rings is 3. The van der Waals surface area contributed by atoms with Gasteiger partial charge in [-0.2, -0.15) is 0 Å². The van der Waals surface area contributed by atoms with Crippen LogP contribution in [0.15, 0.2) is 72.8 Å². The highest BCUT2D eigenvalue weighted by Gasteiger charge is 2.29. The van der Waals surface area contributed by atoms with E-state index < -0.39 is 0 Å². The van der Waals surface area contributed by atoms with Crippen LogP contribution in [0, 0.1) is 6.92 Å². The van der Waals surface area contributed by atoms with Gasteiger partial charge in [-0.15, -0.1) is 0 Å². The van der Waals surface area contributed by atoms with Gasteiger partial charge in [-0.1, -0.05) is 81.4 Å². The minimum Gasteiger partial charge on any atom is -0.324 e. The fourth-order valence-electron chi connectivity index (χ4n) is 4.84. The predicted molar refractivity (Wildman–Crippen MR) is 148 cm³/mol. The highest BCUT2D eigenvalue weighted by molar-refractivity contribution is 6.02. The first-order chi connectivity index (χ1) is 17.4. The zero-order valence-electron chi connectivity index (χ0n) is 21.8. The summed E-state index contributed by atoms with van der Waals surface area (Å²) >= 11 is 0. The Labute approximate surface area is 215 Å². The molecular weight excluding hydrogens is 446 g/mol. The standard InChI is InChI=1S/C31H37N3O2/c1-5-27(26-10-7-6-8-11-26)30(35)32-28-20-23(4)12-17-29(28)34-19-9-18-33(31(34)36)21-24-13-15-25(16-14-24)22(2)3/h6-8,10-17,20,22,27H,5,9,18-19,21H2,1-4H3,(H,32,35)/t27-/m1/s1. The molecule has 1 atom stereocenters. The van der Waals surface area contributed by atoms with Gasteiger partial charge in [-0.3, -0.25) is 9.69 Å². The summed E-state index contributed by atoms with van der Waals surface area (Å²) < 4.78 is 0. The SMILES string of the molecule is CC[C@@H](C(=O)Nc1cc(C)ccc1N1CCCN(Cc2ccc(C(C)C)cc2)C1=O)c1ccccc1. The summed E-state index contributed by atoms with van der Waals surface area (Å²) in [6.45, 7) is 10.3. The predicted octanol–water partition coefficient (Wildman–Crippen LogP) is 7.08. The van der Waals surface area contributed by atoms with Gasteiger partial charge < -0.3 is 10.2 Å². The van der Waals surface area contributed by atoms with Gasteiger partial charge in [0, 0.05) is 19.6 Å². The van der Waals surface area contributed by atoms with E-state index in [2.05, 4.69) is 43.4 Å². The molecule has 4 rings (SSSR count). The molecule has 0 aliphatic carbocycles. The van der Waals surface area contributed by atoms with Crippen molar-refractivity contribution in [1.29, 1.82) is 0 Å². The molecule has 3 amide bonds. The van der Waals surface area contributed by atoms with E-state index in [4.69, 9.17) is 0 Å². The highest BCUT2D eigenvalue weighted by Crippen LogP contribution is 2.32. The van der Waals surface area contributed by atoms with Crippen LogP contribution >= 0.6 is 0 Å². The molecule has 1 heterocycles. The van der Waals surface area contributed by atoms with Crippen LogP contribution in [0.4, 0.5) is 16.2 Å². The fourth-order valence-corrected chi connectivity index (χ4v) is 4.84. The number of urea groups is 1. The molecule has 1 aliphatic rings. The molecule has 1 saturated heterocycles. The van der Waals surface area contributed by atoms with E-state index in [1.54, 1.807) is 0 Å². The Morgan fingerprint density at radius 2 is 1.67 bits per heavy atom. The molecule has 0 radical (unpaired) electrons. The molecule has 0 spiro atoms. The lowest BCUT2D eigenvalue weighted by molar-refractivity contribution is -0.117. The molecule has 1 aliphatic heterocycles. The Balaban J connectivity index is 1.54. The average molecular weight is 484 g/mol. The van der Waals surface area contributed by atoms with Crippen molar-refractivity contribution < 1.29 is 9.59 Å². The third-order valence-corrected chi connectivity index (χ3v) is 6.96. The molecule has 5 nitrogen and oxygen atoms in total. The van der Waals surface area contributed by atoms with Crippen LogP contribution in [-0.2, 0) is 11.3 Å². The maximum Gasteiger partial charge on any atom is 0.324 e. The first-order valence-electron chi connectivity index (χ1n) is 13.0. The topological polar surface area (TPSA) is 52.7 Å². The van der Waals surface area contributed by atoms with Gasteiger partial charge >= 0.3 is 6.03 Å². The van der Waals surface area contributed by atoms with Crippen LogP contribution in [0.1, 0.15) is 67.7 Å². The number of anilines is 2. The maximum atomic E-state index is 13.6. The van der Waals surface area contributed by atoms with Crippen LogP contribution in [0.2, 0.25) is 0 Å². The van der Waals surface area contributed by atoms with E-state index >= 15 is 0 Å². The van der Waals surface area contributed by atoms with Crippen molar-refractivity contribution in [1.82, 2.24) is 4.90 Å². The Hall–Kier alpha value is -3.60. The molecule has 3 aromatic rings. The molecule has 1 fully saturated rings. The minimum atomic E-state index is -0.248. The molecule has 0 bridgehead atoms. The number of carbonyl (C=O) groups is 2. The lowest BCUT2D eigenvalue weighted by Gasteiger charge is -2.36. The summed E-state index contributed by atoms with van der Waals surface area (Å²) in [7, 11) is 0. The van der Waals surface area contributed by atoms with Crippen LogP contribution in [0.3, 0.4) is 0 Å². The van der Waals surface area contributed by atoms with Gasteiger partial charge in [0.2, 0.25) is 5.91 Å². The van der Waals surface area contributed by atoms with Crippen molar-refractivity contribution in [2.24, 2.45) is 0 Å². The van der Waals surface area contributed by atoms with Gasteiger partial charge in [0.05, 0.1) is 17.3 Å². The van der Waals surface area contributed by atoms with Crippen LogP contribution in [0.25, 0.3) is 0 Å². The molecule has 36 heavy (non-hydrogen) atoms. The highest BCUT2D eigenvalue weighted by atomic mass is 16.2. The summed E-state index contributed by atoms with van der Waals surface area (Å²) in [5, 5.41) is 3.15. The Morgan fingerprint density at radius 1 is 0.944 bits per heavy atom. The number of hydrogen-bond acceptors (Lipinski definition) is 2. The number of carbonyl (C=O) groups excluding carboxylic acids is 2. The van der Waals surface area contributed by atoms with E-state index in [1.165, 1.54) is 5.56 Å². The second-order valence-corrected chi connectivity index (χ2v) is 9.99. The van der Waals surface area contributed by atoms with Crippen molar-refractivity contribution in [3.63, 3.8) is 0 Å². The Bertz CT molecular complexity index is 1190. The van der Waals surface area contributed by atoms with Gasteiger partial charge in [0.25, 0.3) is 0 Å². The van der Waals surface area contributed by atoms with Crippen molar-refractivity contribution >= 4 is 23.3 Å². The quantitative estimate of drug-likeness (QED) is 0.372. The van der Waals surface area contributed by atoms with Crippen LogP contribution < -0.4 is 10.2 Å². The van der Waals surface area contributed by atoms with E-state index in [9.17, 15) is 9.59 Å². The lowest BCUT2D eigenvalue weighted by atomic mass is 9.95. The number of rotatable bonds is 8. The lowest BCUT2D eigenvalue weighted by Crippen LogP contribution is -2.49. The monoisotopic (exact) mass is 483 g/mol. The van der Waals surface area contributed by atoms with Gasteiger partial charge in [-0.05, 0) is 60.1 Å². The normalized spacial score (nSPS) is 14.8. The summed E-state index contributed by atoms with van der Waals surface area (Å²) in [6, 6.07) is 24.3. The van der Waals surface area contributed by atoms with Crippen molar-refractivity contribution in [3.05, 3.63) is 95.1 Å². The van der Waals surface area contributed by atoms with Crippen LogP contribution in [-0.4, -0.2) is 29.9 Å². The first-order valence-corrected chi connectivity index (χ1v) is 13.0. The number of amides is 3. The molecule has 188 valence electrons. The largest absolute Gasteiger partial charge is 0.324 e. The summed E-state index contributed by atoms with van der Waals surface area (Å²) in [5.74, 6) is 0.180. The van der Waals surface area contributed by atoms with E-state index in [0.29, 0.717) is 31.1 Å². The van der Waals surface area contributed by atoms with Crippen molar-refractivity contribution in [2.45, 2.75) is 58.9 Å². The minimum absolute atomic E-state index is 0.0244. The van der Waals surface area contributed by atoms with E-state index in [-0.39, 0.29) is 17.9 Å². The third kappa shape index (κ3) is 5.78. The van der Waals surface area contributed by atoms with Crippen LogP contribution in [0.5, 0.6) is 0 Å². The molecule has 3 aromatic carbocycles. The molecule has 0 aromatic heterocycles. The van der Waals surface area contributed by atoms with E-state index in [0.717, 1.165) is 35.3 Å². The number of nitrogens with one attached hydrogen (secondary N) is 1. The zero-order chi connectivity index (χ0) is 25.7. The van der Waals surface area contributed by atoms with Crippen molar-refractivity contribution in [3.8, 4) is 0 Å². The zero-order valence-corrected chi connectivity index (χ0v) is 21.8. The molecule has 0 saturated carbocycles. The van der Waals surface area contributed by atoms with Crippen molar-refractivity contribution in [2.75, 3.05) is 23.3 Å². The number of aryl methyl sites for hydroxylation is 1. The summed E-state index contributed by atoms with van der Waals surface area (Å²) in [5.41, 5.74) is 5.89. The average Bonchev–Trinajstić information content (AvgIpc) is 2.87. The summed E-state index contributed by atoms with van der Waals surface area (Å²) in [6.07, 6.45) is 1.57. The van der Waals surface area contributed by atoms with Gasteiger partial charge in [0.1, 0.15) is 0 Å².